The van der Waals surface area contributed by atoms with Gasteiger partial charge in [0.2, 0.25) is 0 Å². The highest BCUT2D eigenvalue weighted by atomic mass is 31.1. The summed E-state index contributed by atoms with van der Waals surface area (Å²) in [5.74, 6) is 0.0520. The first kappa shape index (κ1) is 12.6. The van der Waals surface area contributed by atoms with Crippen molar-refractivity contribution in [3.8, 4) is 0 Å². The predicted molar refractivity (Wildman–Crippen MR) is 76.0 cm³/mol. The summed E-state index contributed by atoms with van der Waals surface area (Å²) in [5, 5.41) is 0. The van der Waals surface area contributed by atoms with Crippen molar-refractivity contribution in [1.29, 1.82) is 0 Å². The molecule has 2 aromatic rings. The largest absolute Gasteiger partial charge is 0.399 e. The molecule has 0 bridgehead atoms. The van der Waals surface area contributed by atoms with Gasteiger partial charge < -0.3 is 11.5 Å². The van der Waals surface area contributed by atoms with Crippen molar-refractivity contribution in [2.45, 2.75) is 5.92 Å². The molecule has 0 saturated carbocycles. The van der Waals surface area contributed by atoms with E-state index in [1.54, 1.807) is 0 Å². The van der Waals surface area contributed by atoms with Crippen LogP contribution in [0.15, 0.2) is 48.5 Å². The topological polar surface area (TPSA) is 69.1 Å². The van der Waals surface area contributed by atoms with E-state index < -0.39 is 0 Å². The van der Waals surface area contributed by atoms with Crippen molar-refractivity contribution in [3.63, 3.8) is 0 Å². The van der Waals surface area contributed by atoms with Crippen molar-refractivity contribution in [2.75, 3.05) is 17.6 Å². The molecule has 2 aromatic carbocycles. The third kappa shape index (κ3) is 2.88. The van der Waals surface area contributed by atoms with Crippen LogP contribution in [0.2, 0.25) is 0 Å². The molecule has 0 unspecified atom stereocenters. The van der Waals surface area contributed by atoms with Crippen LogP contribution in [0.3, 0.4) is 0 Å². The quantitative estimate of drug-likeness (QED) is 0.653. The highest BCUT2D eigenvalue weighted by Crippen LogP contribution is 2.29. The molecular formula is C14H15N2OP. The van der Waals surface area contributed by atoms with E-state index in [0.717, 1.165) is 11.1 Å². The molecule has 92 valence electrons. The Morgan fingerprint density at radius 2 is 1.44 bits per heavy atom. The first-order valence-corrected chi connectivity index (χ1v) is 6.70. The summed E-state index contributed by atoms with van der Waals surface area (Å²) in [6.07, 6.45) is 0.521. The second-order valence-corrected chi connectivity index (χ2v) is 4.83. The average Bonchev–Trinajstić information content (AvgIpc) is 2.36. The number of nitrogen functional groups attached to an aromatic ring is 2. The van der Waals surface area contributed by atoms with Gasteiger partial charge in [-0.1, -0.05) is 24.3 Å². The fourth-order valence-electron chi connectivity index (χ4n) is 2.03. The lowest BCUT2D eigenvalue weighted by molar-refractivity contribution is 0.596. The molecule has 3 nitrogen and oxygen atoms in total. The Labute approximate surface area is 108 Å². The van der Waals surface area contributed by atoms with Crippen molar-refractivity contribution < 1.29 is 4.57 Å². The van der Waals surface area contributed by atoms with E-state index in [0.29, 0.717) is 17.5 Å². The van der Waals surface area contributed by atoms with E-state index >= 15 is 0 Å². The Balaban J connectivity index is 2.42. The van der Waals surface area contributed by atoms with Gasteiger partial charge in [0.15, 0.2) is 8.46 Å². The molecular weight excluding hydrogens is 243 g/mol. The first-order chi connectivity index (χ1) is 8.70. The molecule has 0 fully saturated rings. The second kappa shape index (κ2) is 5.65. The number of benzene rings is 2. The second-order valence-electron chi connectivity index (χ2n) is 4.20. The van der Waals surface area contributed by atoms with Gasteiger partial charge in [0.1, 0.15) is 0 Å². The van der Waals surface area contributed by atoms with E-state index in [1.165, 1.54) is 0 Å². The minimum absolute atomic E-state index is 0.0520. The van der Waals surface area contributed by atoms with Crippen LogP contribution < -0.4 is 11.5 Å². The van der Waals surface area contributed by atoms with Crippen LogP contribution in [0.25, 0.3) is 0 Å². The van der Waals surface area contributed by atoms with Crippen LogP contribution in [0, 0.1) is 0 Å². The fourth-order valence-corrected chi connectivity index (χ4v) is 2.60. The molecule has 2 rings (SSSR count). The van der Waals surface area contributed by atoms with Gasteiger partial charge in [0.25, 0.3) is 0 Å². The van der Waals surface area contributed by atoms with Crippen LogP contribution in [-0.4, -0.2) is 6.16 Å². The van der Waals surface area contributed by atoms with Gasteiger partial charge >= 0.3 is 0 Å². The number of anilines is 2. The highest BCUT2D eigenvalue weighted by Gasteiger charge is 2.14. The molecule has 0 spiro atoms. The molecule has 0 heterocycles. The lowest BCUT2D eigenvalue weighted by Crippen LogP contribution is -2.04. The van der Waals surface area contributed by atoms with Crippen LogP contribution in [0.5, 0.6) is 0 Å². The van der Waals surface area contributed by atoms with Gasteiger partial charge in [-0.15, -0.1) is 0 Å². The summed E-state index contributed by atoms with van der Waals surface area (Å²) in [6.45, 7) is 0. The van der Waals surface area contributed by atoms with Crippen LogP contribution in [0.1, 0.15) is 17.0 Å². The molecule has 0 saturated heterocycles. The Bertz CT molecular complexity index is 511. The summed E-state index contributed by atoms with van der Waals surface area (Å²) in [7, 11) is 0.115. The monoisotopic (exact) mass is 258 g/mol. The van der Waals surface area contributed by atoms with E-state index in [9.17, 15) is 4.57 Å². The molecule has 0 radical (unpaired) electrons. The van der Waals surface area contributed by atoms with Gasteiger partial charge in [-0.25, -0.2) is 0 Å². The minimum atomic E-state index is 0.0520. The maximum atomic E-state index is 11.0. The summed E-state index contributed by atoms with van der Waals surface area (Å²) >= 11 is 0. The predicted octanol–water partition coefficient (Wildman–Crippen LogP) is 3.27. The molecule has 0 amide bonds. The van der Waals surface area contributed by atoms with Crippen molar-refractivity contribution >= 4 is 19.8 Å². The zero-order chi connectivity index (χ0) is 13.0. The van der Waals surface area contributed by atoms with Gasteiger partial charge in [0.05, 0.1) is 0 Å². The SMILES string of the molecule is Nc1cccc(C(CP=O)c2cccc(N)c2)c1. The smallest absolute Gasteiger partial charge is 0.156 e. The normalized spacial score (nSPS) is 10.9. The lowest BCUT2D eigenvalue weighted by atomic mass is 9.92. The molecule has 0 aliphatic heterocycles. The Morgan fingerprint density at radius 3 is 1.83 bits per heavy atom. The van der Waals surface area contributed by atoms with Gasteiger partial charge in [-0.2, -0.15) is 0 Å². The Morgan fingerprint density at radius 1 is 0.944 bits per heavy atom. The molecule has 4 N–H and O–H groups in total. The molecule has 0 aliphatic carbocycles. The van der Waals surface area contributed by atoms with Gasteiger partial charge in [-0.3, -0.25) is 4.57 Å². The summed E-state index contributed by atoms with van der Waals surface area (Å²) in [4.78, 5) is 0. The van der Waals surface area contributed by atoms with Crippen LogP contribution in [-0.2, 0) is 4.57 Å². The lowest BCUT2D eigenvalue weighted by Gasteiger charge is -2.15. The van der Waals surface area contributed by atoms with Crippen molar-refractivity contribution in [2.24, 2.45) is 0 Å². The van der Waals surface area contributed by atoms with E-state index in [4.69, 9.17) is 11.5 Å². The van der Waals surface area contributed by atoms with E-state index in [1.807, 2.05) is 48.5 Å². The number of hydrogen-bond donors (Lipinski definition) is 2. The summed E-state index contributed by atoms with van der Waals surface area (Å²) < 4.78 is 11.0. The zero-order valence-electron chi connectivity index (χ0n) is 9.91. The van der Waals surface area contributed by atoms with Crippen molar-refractivity contribution in [3.05, 3.63) is 59.7 Å². The van der Waals surface area contributed by atoms with E-state index in [2.05, 4.69) is 0 Å². The Hall–Kier alpha value is -1.86. The number of nitrogens with two attached hydrogens (primary N) is 2. The third-order valence-electron chi connectivity index (χ3n) is 2.88. The third-order valence-corrected chi connectivity index (χ3v) is 3.40. The maximum Gasteiger partial charge on any atom is 0.156 e. The maximum absolute atomic E-state index is 11.0. The molecule has 4 heteroatoms. The van der Waals surface area contributed by atoms with Crippen molar-refractivity contribution in [1.82, 2.24) is 0 Å². The zero-order valence-corrected chi connectivity index (χ0v) is 10.8. The fraction of sp³-hybridized carbons (Fsp3) is 0.143. The number of hydrogen-bond acceptors (Lipinski definition) is 3. The standard InChI is InChI=1S/C14H15N2OP/c15-12-5-1-3-10(7-12)14(9-18-17)11-4-2-6-13(16)8-11/h1-8,14H,9,15-16H2. The summed E-state index contributed by atoms with van der Waals surface area (Å²) in [6, 6.07) is 15.3. The van der Waals surface area contributed by atoms with E-state index in [-0.39, 0.29) is 14.4 Å². The van der Waals surface area contributed by atoms with Crippen LogP contribution >= 0.6 is 8.46 Å². The number of rotatable bonds is 4. The van der Waals surface area contributed by atoms with Gasteiger partial charge in [-0.05, 0) is 35.4 Å². The van der Waals surface area contributed by atoms with Crippen LogP contribution in [0.4, 0.5) is 11.4 Å². The first-order valence-electron chi connectivity index (χ1n) is 5.70. The average molecular weight is 258 g/mol. The summed E-state index contributed by atoms with van der Waals surface area (Å²) in [5.41, 5.74) is 15.1. The highest BCUT2D eigenvalue weighted by molar-refractivity contribution is 7.23. The molecule has 0 aromatic heterocycles. The Kier molecular flexibility index (Phi) is 3.96. The molecule has 18 heavy (non-hydrogen) atoms. The molecule has 0 aliphatic rings. The minimum Gasteiger partial charge on any atom is -0.399 e. The molecule has 0 atom stereocenters. The van der Waals surface area contributed by atoms with Gasteiger partial charge in [0, 0.05) is 23.5 Å².